The van der Waals surface area contributed by atoms with Crippen molar-refractivity contribution >= 4 is 17.6 Å². The molecule has 2 nitrogen and oxygen atoms in total. The minimum Gasteiger partial charge on any atom is -0.465 e. The van der Waals surface area contributed by atoms with Gasteiger partial charge in [-0.15, -0.1) is 11.6 Å². The molecule has 0 aromatic carbocycles. The molecule has 1 aliphatic heterocycles. The van der Waals surface area contributed by atoms with E-state index in [-0.39, 0.29) is 11.9 Å². The van der Waals surface area contributed by atoms with Crippen LogP contribution in [0.25, 0.3) is 0 Å². The minimum absolute atomic E-state index is 0.00579. The molecule has 1 atom stereocenters. The van der Waals surface area contributed by atoms with Crippen LogP contribution in [0.1, 0.15) is 25.7 Å². The predicted octanol–water partition coefficient (Wildman–Crippen LogP) is 2.51. The Morgan fingerprint density at radius 1 is 1.62 bits per heavy atom. The average molecular weight is 203 g/mol. The lowest BCUT2D eigenvalue weighted by Crippen LogP contribution is -2.16. The standard InChI is InChI=1S/C10H15ClO2/c1-8(7-11)6-9-4-2-3-5-13-10(9)12/h9H,1-7H2. The molecule has 0 saturated carbocycles. The highest BCUT2D eigenvalue weighted by Crippen LogP contribution is 2.22. The van der Waals surface area contributed by atoms with Gasteiger partial charge < -0.3 is 4.74 Å². The van der Waals surface area contributed by atoms with Gasteiger partial charge in [0.05, 0.1) is 12.5 Å². The van der Waals surface area contributed by atoms with Crippen LogP contribution in [0.5, 0.6) is 0 Å². The van der Waals surface area contributed by atoms with Crippen LogP contribution in [0.3, 0.4) is 0 Å². The van der Waals surface area contributed by atoms with Gasteiger partial charge in [-0.3, -0.25) is 4.79 Å². The van der Waals surface area contributed by atoms with E-state index in [1.165, 1.54) is 0 Å². The number of cyclic esters (lactones) is 1. The van der Waals surface area contributed by atoms with Crippen molar-refractivity contribution in [3.05, 3.63) is 12.2 Å². The molecule has 1 aliphatic rings. The quantitative estimate of drug-likeness (QED) is 0.399. The second kappa shape index (κ2) is 5.28. The number of rotatable bonds is 3. The second-order valence-electron chi connectivity index (χ2n) is 3.45. The Bertz CT molecular complexity index is 201. The molecule has 3 heteroatoms. The lowest BCUT2D eigenvalue weighted by molar-refractivity contribution is -0.147. The van der Waals surface area contributed by atoms with Crippen molar-refractivity contribution in [2.45, 2.75) is 25.7 Å². The van der Waals surface area contributed by atoms with E-state index in [0.29, 0.717) is 18.9 Å². The number of hydrogen-bond acceptors (Lipinski definition) is 2. The first-order chi connectivity index (χ1) is 6.24. The first kappa shape index (κ1) is 10.6. The Labute approximate surface area is 83.9 Å². The van der Waals surface area contributed by atoms with E-state index in [2.05, 4.69) is 6.58 Å². The molecule has 0 spiro atoms. The van der Waals surface area contributed by atoms with Gasteiger partial charge in [-0.05, 0) is 25.7 Å². The van der Waals surface area contributed by atoms with Crippen molar-refractivity contribution in [2.75, 3.05) is 12.5 Å². The van der Waals surface area contributed by atoms with Crippen molar-refractivity contribution in [1.29, 1.82) is 0 Å². The van der Waals surface area contributed by atoms with Crippen LogP contribution in [0.2, 0.25) is 0 Å². The summed E-state index contributed by atoms with van der Waals surface area (Å²) in [4.78, 5) is 11.4. The normalized spacial score (nSPS) is 23.5. The number of esters is 1. The maximum absolute atomic E-state index is 11.4. The molecule has 0 N–H and O–H groups in total. The van der Waals surface area contributed by atoms with E-state index < -0.39 is 0 Å². The third-order valence-corrected chi connectivity index (χ3v) is 2.63. The fourth-order valence-electron chi connectivity index (χ4n) is 1.49. The number of alkyl halides is 1. The smallest absolute Gasteiger partial charge is 0.309 e. The van der Waals surface area contributed by atoms with Gasteiger partial charge in [0.1, 0.15) is 0 Å². The molecule has 0 aromatic rings. The molecule has 1 fully saturated rings. The van der Waals surface area contributed by atoms with Crippen LogP contribution in [-0.2, 0) is 9.53 Å². The van der Waals surface area contributed by atoms with Crippen LogP contribution in [0, 0.1) is 5.92 Å². The largest absolute Gasteiger partial charge is 0.465 e. The molecule has 0 radical (unpaired) electrons. The number of ether oxygens (including phenoxy) is 1. The molecule has 0 aromatic heterocycles. The molecule has 0 aliphatic carbocycles. The van der Waals surface area contributed by atoms with Crippen LogP contribution in [-0.4, -0.2) is 18.5 Å². The number of allylic oxidation sites excluding steroid dienone is 1. The molecular formula is C10H15ClO2. The van der Waals surface area contributed by atoms with Gasteiger partial charge in [0.25, 0.3) is 0 Å². The maximum Gasteiger partial charge on any atom is 0.309 e. The molecule has 1 saturated heterocycles. The highest BCUT2D eigenvalue weighted by molar-refractivity contribution is 6.19. The summed E-state index contributed by atoms with van der Waals surface area (Å²) in [6.45, 7) is 4.36. The highest BCUT2D eigenvalue weighted by Gasteiger charge is 2.22. The zero-order valence-corrected chi connectivity index (χ0v) is 8.48. The predicted molar refractivity (Wildman–Crippen MR) is 52.8 cm³/mol. The summed E-state index contributed by atoms with van der Waals surface area (Å²) >= 11 is 5.61. The summed E-state index contributed by atoms with van der Waals surface area (Å²) in [5.74, 6) is 0.349. The van der Waals surface area contributed by atoms with E-state index in [1.54, 1.807) is 0 Å². The molecule has 1 rings (SSSR count). The third-order valence-electron chi connectivity index (χ3n) is 2.25. The Balaban J connectivity index is 2.45. The molecule has 0 bridgehead atoms. The monoisotopic (exact) mass is 202 g/mol. The van der Waals surface area contributed by atoms with E-state index in [0.717, 1.165) is 24.8 Å². The Kier molecular flexibility index (Phi) is 4.29. The summed E-state index contributed by atoms with van der Waals surface area (Å²) in [7, 11) is 0. The van der Waals surface area contributed by atoms with Gasteiger partial charge in [0.2, 0.25) is 0 Å². The highest BCUT2D eigenvalue weighted by atomic mass is 35.5. The summed E-state index contributed by atoms with van der Waals surface area (Å²) in [6, 6.07) is 0. The molecule has 0 amide bonds. The lowest BCUT2D eigenvalue weighted by Gasteiger charge is -2.11. The molecule has 1 unspecified atom stereocenters. The van der Waals surface area contributed by atoms with Crippen molar-refractivity contribution in [3.8, 4) is 0 Å². The fourth-order valence-corrected chi connectivity index (χ4v) is 1.60. The zero-order chi connectivity index (χ0) is 9.68. The summed E-state index contributed by atoms with van der Waals surface area (Å²) < 4.78 is 5.04. The van der Waals surface area contributed by atoms with Crippen LogP contribution < -0.4 is 0 Å². The number of hydrogen-bond donors (Lipinski definition) is 0. The van der Waals surface area contributed by atoms with Crippen molar-refractivity contribution < 1.29 is 9.53 Å². The van der Waals surface area contributed by atoms with E-state index in [4.69, 9.17) is 16.3 Å². The molecule has 1 heterocycles. The lowest BCUT2D eigenvalue weighted by atomic mass is 9.96. The fraction of sp³-hybridized carbons (Fsp3) is 0.700. The summed E-state index contributed by atoms with van der Waals surface area (Å²) in [5, 5.41) is 0. The van der Waals surface area contributed by atoms with Crippen molar-refractivity contribution in [1.82, 2.24) is 0 Å². The van der Waals surface area contributed by atoms with Gasteiger partial charge in [0, 0.05) is 5.88 Å². The topological polar surface area (TPSA) is 26.3 Å². The molecule has 13 heavy (non-hydrogen) atoms. The molecule has 74 valence electrons. The first-order valence-electron chi connectivity index (χ1n) is 4.63. The summed E-state index contributed by atoms with van der Waals surface area (Å²) in [6.07, 6.45) is 3.64. The Morgan fingerprint density at radius 2 is 2.38 bits per heavy atom. The number of carbonyl (C=O) groups excluding carboxylic acids is 1. The molecular weight excluding hydrogens is 188 g/mol. The van der Waals surface area contributed by atoms with Crippen LogP contribution >= 0.6 is 11.6 Å². The van der Waals surface area contributed by atoms with Gasteiger partial charge >= 0.3 is 5.97 Å². The van der Waals surface area contributed by atoms with Gasteiger partial charge in [-0.1, -0.05) is 12.2 Å². The summed E-state index contributed by atoms with van der Waals surface area (Å²) in [5.41, 5.74) is 0.922. The maximum atomic E-state index is 11.4. The van der Waals surface area contributed by atoms with Gasteiger partial charge in [-0.25, -0.2) is 0 Å². The SMILES string of the molecule is C=C(CCl)CC1CCCCOC1=O. The Morgan fingerprint density at radius 3 is 3.08 bits per heavy atom. The average Bonchev–Trinajstić information content (AvgIpc) is 2.32. The minimum atomic E-state index is -0.0798. The Hall–Kier alpha value is -0.500. The number of carbonyl (C=O) groups is 1. The zero-order valence-electron chi connectivity index (χ0n) is 7.72. The van der Waals surface area contributed by atoms with E-state index >= 15 is 0 Å². The van der Waals surface area contributed by atoms with Crippen molar-refractivity contribution in [2.24, 2.45) is 5.92 Å². The van der Waals surface area contributed by atoms with Crippen molar-refractivity contribution in [3.63, 3.8) is 0 Å². The second-order valence-corrected chi connectivity index (χ2v) is 3.72. The van der Waals surface area contributed by atoms with Crippen LogP contribution in [0.15, 0.2) is 12.2 Å². The van der Waals surface area contributed by atoms with E-state index in [1.807, 2.05) is 0 Å². The van der Waals surface area contributed by atoms with Crippen LogP contribution in [0.4, 0.5) is 0 Å². The van der Waals surface area contributed by atoms with Gasteiger partial charge in [-0.2, -0.15) is 0 Å². The third kappa shape index (κ3) is 3.39. The number of halogens is 1. The first-order valence-corrected chi connectivity index (χ1v) is 5.16. The van der Waals surface area contributed by atoms with E-state index in [9.17, 15) is 4.79 Å². The van der Waals surface area contributed by atoms with Gasteiger partial charge in [0.15, 0.2) is 0 Å².